The summed E-state index contributed by atoms with van der Waals surface area (Å²) >= 11 is 0. The van der Waals surface area contributed by atoms with Crippen molar-refractivity contribution in [1.29, 1.82) is 0 Å². The molecule has 0 amide bonds. The molecule has 1 aliphatic rings. The van der Waals surface area contributed by atoms with E-state index in [1.54, 1.807) is 0 Å². The zero-order chi connectivity index (χ0) is 13.0. The second kappa shape index (κ2) is 5.59. The van der Waals surface area contributed by atoms with E-state index in [-0.39, 0.29) is 0 Å². The number of aromatic nitrogens is 1. The van der Waals surface area contributed by atoms with Gasteiger partial charge in [0.1, 0.15) is 0 Å². The van der Waals surface area contributed by atoms with Crippen LogP contribution >= 0.6 is 0 Å². The maximum atomic E-state index is 4.30. The van der Waals surface area contributed by atoms with Crippen LogP contribution in [0, 0.1) is 5.41 Å². The van der Waals surface area contributed by atoms with E-state index in [1.165, 1.54) is 19.3 Å². The Kier molecular flexibility index (Phi) is 4.10. The normalized spacial score (nSPS) is 21.8. The first kappa shape index (κ1) is 13.2. The van der Waals surface area contributed by atoms with Crippen LogP contribution in [0.1, 0.15) is 46.5 Å². The van der Waals surface area contributed by atoms with Crippen LogP contribution in [0.4, 0.5) is 11.4 Å². The third kappa shape index (κ3) is 3.15. The molecule has 0 radical (unpaired) electrons. The highest BCUT2D eigenvalue weighted by molar-refractivity contribution is 5.54. The number of hydrogen-bond donors (Lipinski definition) is 2. The Balaban J connectivity index is 2.00. The topological polar surface area (TPSA) is 37.0 Å². The van der Waals surface area contributed by atoms with E-state index >= 15 is 0 Å². The molecule has 2 rings (SSSR count). The molecule has 1 heterocycles. The number of pyridine rings is 1. The van der Waals surface area contributed by atoms with Crippen LogP contribution in [-0.2, 0) is 0 Å². The van der Waals surface area contributed by atoms with Crippen molar-refractivity contribution in [2.24, 2.45) is 5.41 Å². The molecular weight excluding hydrogens is 222 g/mol. The van der Waals surface area contributed by atoms with Crippen LogP contribution in [0.5, 0.6) is 0 Å². The van der Waals surface area contributed by atoms with Gasteiger partial charge in [-0.1, -0.05) is 27.2 Å². The molecule has 0 spiro atoms. The molecule has 0 saturated heterocycles. The first-order chi connectivity index (χ1) is 8.62. The van der Waals surface area contributed by atoms with E-state index in [4.69, 9.17) is 0 Å². The molecule has 3 heteroatoms. The standard InChI is InChI=1S/C15H25N3/c1-4-8-17-12-9-13(11-16-10-12)18-14-6-5-7-15(14,2)3/h9-11,14,17-18H,4-8H2,1-3H3. The van der Waals surface area contributed by atoms with E-state index in [9.17, 15) is 0 Å². The second-order valence-corrected chi connectivity index (χ2v) is 5.97. The van der Waals surface area contributed by atoms with Crippen LogP contribution < -0.4 is 10.6 Å². The van der Waals surface area contributed by atoms with Crippen molar-refractivity contribution in [2.75, 3.05) is 17.2 Å². The first-order valence-electron chi connectivity index (χ1n) is 7.07. The van der Waals surface area contributed by atoms with Gasteiger partial charge < -0.3 is 10.6 Å². The Morgan fingerprint density at radius 3 is 2.78 bits per heavy atom. The Hall–Kier alpha value is -1.25. The van der Waals surface area contributed by atoms with Gasteiger partial charge in [0.25, 0.3) is 0 Å². The maximum Gasteiger partial charge on any atom is 0.0549 e. The van der Waals surface area contributed by atoms with Gasteiger partial charge in [-0.25, -0.2) is 0 Å². The van der Waals surface area contributed by atoms with E-state index in [1.807, 2.05) is 12.4 Å². The van der Waals surface area contributed by atoms with Crippen molar-refractivity contribution in [3.8, 4) is 0 Å². The van der Waals surface area contributed by atoms with Crippen molar-refractivity contribution in [2.45, 2.75) is 52.5 Å². The summed E-state index contributed by atoms with van der Waals surface area (Å²) in [6.45, 7) is 7.87. The van der Waals surface area contributed by atoms with Crippen molar-refractivity contribution < 1.29 is 0 Å². The zero-order valence-corrected chi connectivity index (χ0v) is 11.8. The summed E-state index contributed by atoms with van der Waals surface area (Å²) in [4.78, 5) is 4.30. The van der Waals surface area contributed by atoms with Gasteiger partial charge in [0.2, 0.25) is 0 Å². The van der Waals surface area contributed by atoms with Gasteiger partial charge in [-0.15, -0.1) is 0 Å². The van der Waals surface area contributed by atoms with Crippen molar-refractivity contribution in [1.82, 2.24) is 4.98 Å². The average Bonchev–Trinajstić information content (AvgIpc) is 2.67. The maximum absolute atomic E-state index is 4.30. The van der Waals surface area contributed by atoms with E-state index < -0.39 is 0 Å². The van der Waals surface area contributed by atoms with Crippen molar-refractivity contribution in [3.05, 3.63) is 18.5 Å². The van der Waals surface area contributed by atoms with Gasteiger partial charge >= 0.3 is 0 Å². The lowest BCUT2D eigenvalue weighted by molar-refractivity contribution is 0.350. The van der Waals surface area contributed by atoms with E-state index in [0.717, 1.165) is 24.3 Å². The Morgan fingerprint density at radius 1 is 1.33 bits per heavy atom. The third-order valence-electron chi connectivity index (χ3n) is 3.92. The minimum Gasteiger partial charge on any atom is -0.384 e. The zero-order valence-electron chi connectivity index (χ0n) is 11.8. The summed E-state index contributed by atoms with van der Waals surface area (Å²) < 4.78 is 0. The molecule has 100 valence electrons. The molecule has 18 heavy (non-hydrogen) atoms. The number of nitrogens with one attached hydrogen (secondary N) is 2. The SMILES string of the molecule is CCCNc1cncc(NC2CCCC2(C)C)c1. The van der Waals surface area contributed by atoms with Gasteiger partial charge in [-0.05, 0) is 30.7 Å². The first-order valence-corrected chi connectivity index (χ1v) is 7.07. The fourth-order valence-corrected chi connectivity index (χ4v) is 2.68. The molecule has 1 unspecified atom stereocenters. The lowest BCUT2D eigenvalue weighted by Crippen LogP contribution is -2.30. The molecular formula is C15H25N3. The summed E-state index contributed by atoms with van der Waals surface area (Å²) in [6.07, 6.45) is 8.84. The summed E-state index contributed by atoms with van der Waals surface area (Å²) in [7, 11) is 0. The molecule has 1 saturated carbocycles. The fraction of sp³-hybridized carbons (Fsp3) is 0.667. The molecule has 1 aliphatic carbocycles. The predicted molar refractivity (Wildman–Crippen MR) is 78.1 cm³/mol. The quantitative estimate of drug-likeness (QED) is 0.828. The third-order valence-corrected chi connectivity index (χ3v) is 3.92. The van der Waals surface area contributed by atoms with E-state index in [2.05, 4.69) is 42.5 Å². The fourth-order valence-electron chi connectivity index (χ4n) is 2.68. The summed E-state index contributed by atoms with van der Waals surface area (Å²) in [5.41, 5.74) is 2.64. The van der Waals surface area contributed by atoms with Gasteiger partial charge in [0, 0.05) is 12.6 Å². The lowest BCUT2D eigenvalue weighted by atomic mass is 9.87. The summed E-state index contributed by atoms with van der Waals surface area (Å²) in [5, 5.41) is 7.02. The molecule has 0 aromatic carbocycles. The van der Waals surface area contributed by atoms with Gasteiger partial charge in [-0.2, -0.15) is 0 Å². The molecule has 1 aromatic rings. The lowest BCUT2D eigenvalue weighted by Gasteiger charge is -2.28. The second-order valence-electron chi connectivity index (χ2n) is 5.97. The number of hydrogen-bond acceptors (Lipinski definition) is 3. The number of anilines is 2. The molecule has 2 N–H and O–H groups in total. The molecule has 1 fully saturated rings. The van der Waals surface area contributed by atoms with E-state index in [0.29, 0.717) is 11.5 Å². The Morgan fingerprint density at radius 2 is 2.11 bits per heavy atom. The largest absolute Gasteiger partial charge is 0.384 e. The predicted octanol–water partition coefficient (Wildman–Crippen LogP) is 3.89. The van der Waals surface area contributed by atoms with Crippen LogP contribution in [0.25, 0.3) is 0 Å². The molecule has 3 nitrogen and oxygen atoms in total. The Bertz CT molecular complexity index is 387. The molecule has 0 bridgehead atoms. The molecule has 1 aromatic heterocycles. The highest BCUT2D eigenvalue weighted by atomic mass is 15.0. The van der Waals surface area contributed by atoms with Crippen molar-refractivity contribution >= 4 is 11.4 Å². The van der Waals surface area contributed by atoms with Gasteiger partial charge in [-0.3, -0.25) is 4.98 Å². The van der Waals surface area contributed by atoms with Crippen LogP contribution in [0.2, 0.25) is 0 Å². The highest BCUT2D eigenvalue weighted by Gasteiger charge is 2.34. The summed E-state index contributed by atoms with van der Waals surface area (Å²) in [5.74, 6) is 0. The average molecular weight is 247 g/mol. The number of nitrogens with zero attached hydrogens (tertiary/aromatic N) is 1. The van der Waals surface area contributed by atoms with Crippen LogP contribution in [-0.4, -0.2) is 17.6 Å². The number of rotatable bonds is 5. The van der Waals surface area contributed by atoms with Crippen LogP contribution in [0.15, 0.2) is 18.5 Å². The highest BCUT2D eigenvalue weighted by Crippen LogP contribution is 2.39. The van der Waals surface area contributed by atoms with Gasteiger partial charge in [0.15, 0.2) is 0 Å². The minimum absolute atomic E-state index is 0.396. The minimum atomic E-state index is 0.396. The van der Waals surface area contributed by atoms with Crippen LogP contribution in [0.3, 0.4) is 0 Å². The van der Waals surface area contributed by atoms with Crippen molar-refractivity contribution in [3.63, 3.8) is 0 Å². The molecule has 1 atom stereocenters. The molecule has 0 aliphatic heterocycles. The summed E-state index contributed by atoms with van der Waals surface area (Å²) in [6, 6.07) is 2.73. The van der Waals surface area contributed by atoms with Gasteiger partial charge in [0.05, 0.1) is 23.8 Å². The Labute approximate surface area is 110 Å². The smallest absolute Gasteiger partial charge is 0.0549 e. The monoisotopic (exact) mass is 247 g/mol.